The van der Waals surface area contributed by atoms with Crippen molar-refractivity contribution in [3.8, 4) is 0 Å². The number of ketones is 1. The van der Waals surface area contributed by atoms with Gasteiger partial charge in [-0.25, -0.2) is 9.97 Å². The summed E-state index contributed by atoms with van der Waals surface area (Å²) in [6.07, 6.45) is 0.718. The number of hydrogen-bond donors (Lipinski definition) is 0. The van der Waals surface area contributed by atoms with Crippen LogP contribution in [-0.2, 0) is 14.2 Å². The molecule has 0 aliphatic carbocycles. The largest absolute Gasteiger partial charge is 0.382 e. The quantitative estimate of drug-likeness (QED) is 0.522. The van der Waals surface area contributed by atoms with Crippen molar-refractivity contribution in [2.45, 2.75) is 6.23 Å². The topological polar surface area (TPSA) is 73.8 Å². The van der Waals surface area contributed by atoms with Crippen molar-refractivity contribution >= 4 is 40.6 Å². The van der Waals surface area contributed by atoms with Gasteiger partial charge in [0.15, 0.2) is 6.23 Å². The molecule has 0 spiro atoms. The number of carbonyl (C=O) groups is 1. The average molecular weight is 416 g/mol. The van der Waals surface area contributed by atoms with Gasteiger partial charge in [-0.2, -0.15) is 0 Å². The molecule has 0 amide bonds. The molecular formula is C21H22ClN3O4. The van der Waals surface area contributed by atoms with Crippen LogP contribution in [0.5, 0.6) is 0 Å². The van der Waals surface area contributed by atoms with Gasteiger partial charge in [-0.05, 0) is 24.3 Å². The summed E-state index contributed by atoms with van der Waals surface area (Å²) in [5.74, 6) is 0.560. The molecule has 3 aromatic rings. The van der Waals surface area contributed by atoms with Gasteiger partial charge in [0.25, 0.3) is 0 Å². The van der Waals surface area contributed by atoms with Crippen LogP contribution in [0.15, 0.2) is 54.9 Å². The molecule has 0 fully saturated rings. The lowest BCUT2D eigenvalue weighted by molar-refractivity contribution is 0.00234. The minimum Gasteiger partial charge on any atom is -0.382 e. The first-order valence-corrected chi connectivity index (χ1v) is 9.12. The summed E-state index contributed by atoms with van der Waals surface area (Å²) >= 11 is 0. The van der Waals surface area contributed by atoms with Crippen LogP contribution in [0.25, 0.3) is 10.9 Å². The molecule has 1 aliphatic rings. The van der Waals surface area contributed by atoms with E-state index in [2.05, 4.69) is 9.97 Å². The van der Waals surface area contributed by atoms with Crippen LogP contribution in [-0.4, -0.2) is 55.5 Å². The second-order valence-corrected chi connectivity index (χ2v) is 6.29. The Kier molecular flexibility index (Phi) is 7.11. The van der Waals surface area contributed by atoms with Gasteiger partial charge < -0.3 is 14.2 Å². The third-order valence-electron chi connectivity index (χ3n) is 4.57. The minimum atomic E-state index is -0.790. The summed E-state index contributed by atoms with van der Waals surface area (Å²) in [6, 6.07) is 15.2. The molecule has 0 bridgehead atoms. The summed E-state index contributed by atoms with van der Waals surface area (Å²) in [5, 5.41) is 0.861. The summed E-state index contributed by atoms with van der Waals surface area (Å²) in [6.45, 7) is 1.67. The number of ether oxygens (including phenoxy) is 3. The molecule has 1 atom stereocenters. The Morgan fingerprint density at radius 2 is 1.72 bits per heavy atom. The van der Waals surface area contributed by atoms with E-state index in [0.717, 1.165) is 16.6 Å². The lowest BCUT2D eigenvalue weighted by Crippen LogP contribution is -2.36. The molecule has 29 heavy (non-hydrogen) atoms. The van der Waals surface area contributed by atoms with Gasteiger partial charge in [0.1, 0.15) is 12.1 Å². The van der Waals surface area contributed by atoms with Crippen LogP contribution >= 0.6 is 12.4 Å². The van der Waals surface area contributed by atoms with Crippen molar-refractivity contribution in [3.63, 3.8) is 0 Å². The first kappa shape index (κ1) is 21.1. The summed E-state index contributed by atoms with van der Waals surface area (Å²) in [7, 11) is 1.62. The molecule has 1 aliphatic heterocycles. The molecule has 0 saturated heterocycles. The zero-order valence-electron chi connectivity index (χ0n) is 16.0. The number of methoxy groups -OCH3 is 1. The van der Waals surface area contributed by atoms with Crippen molar-refractivity contribution in [3.05, 3.63) is 60.4 Å². The van der Waals surface area contributed by atoms with E-state index in [1.54, 1.807) is 7.11 Å². The number of fused-ring (bicyclic) bond motifs is 2. The molecule has 7 nitrogen and oxygen atoms in total. The third kappa shape index (κ3) is 4.23. The lowest BCUT2D eigenvalue weighted by atomic mass is 10.1. The molecule has 0 saturated carbocycles. The maximum absolute atomic E-state index is 13.0. The van der Waals surface area contributed by atoms with Crippen LogP contribution < -0.4 is 4.90 Å². The van der Waals surface area contributed by atoms with Crippen LogP contribution in [0.3, 0.4) is 0 Å². The second kappa shape index (κ2) is 9.76. The Labute approximate surface area is 175 Å². The Morgan fingerprint density at radius 1 is 0.966 bits per heavy atom. The summed E-state index contributed by atoms with van der Waals surface area (Å²) < 4.78 is 16.4. The van der Waals surface area contributed by atoms with Gasteiger partial charge in [0, 0.05) is 18.1 Å². The highest BCUT2D eigenvalue weighted by molar-refractivity contribution is 6.13. The average Bonchev–Trinajstić information content (AvgIpc) is 3.02. The van der Waals surface area contributed by atoms with Gasteiger partial charge >= 0.3 is 0 Å². The number of carbonyl (C=O) groups excluding carboxylic acids is 1. The highest BCUT2D eigenvalue weighted by Gasteiger charge is 2.40. The monoisotopic (exact) mass is 415 g/mol. The highest BCUT2D eigenvalue weighted by atomic mass is 35.5. The number of rotatable bonds is 8. The predicted molar refractivity (Wildman–Crippen MR) is 112 cm³/mol. The summed E-state index contributed by atoms with van der Waals surface area (Å²) in [5.41, 5.74) is 2.21. The number of aromatic nitrogens is 2. The van der Waals surface area contributed by atoms with Crippen molar-refractivity contribution in [1.29, 1.82) is 0 Å². The van der Waals surface area contributed by atoms with E-state index in [9.17, 15) is 4.79 Å². The number of para-hydroxylation sites is 2. The first-order valence-electron chi connectivity index (χ1n) is 9.12. The molecule has 152 valence electrons. The fraction of sp³-hybridized carbons (Fsp3) is 0.286. The normalized spacial score (nSPS) is 15.4. The number of nitrogens with zero attached hydrogens (tertiary/aromatic N) is 3. The molecule has 2 aromatic carbocycles. The fourth-order valence-corrected chi connectivity index (χ4v) is 3.29. The van der Waals surface area contributed by atoms with E-state index in [-0.39, 0.29) is 24.8 Å². The number of anilines is 2. The van der Waals surface area contributed by atoms with Crippen molar-refractivity contribution in [2.75, 3.05) is 38.4 Å². The molecule has 2 heterocycles. The van der Waals surface area contributed by atoms with E-state index in [1.165, 1.54) is 6.33 Å². The molecule has 4 rings (SSSR count). The van der Waals surface area contributed by atoms with E-state index in [1.807, 2.05) is 53.4 Å². The fourth-order valence-electron chi connectivity index (χ4n) is 3.29. The Bertz CT molecular complexity index is 980. The standard InChI is InChI=1S/C21H21N3O4.ClH/c1-26-10-11-27-12-13-28-21-19(25)16-7-3-5-9-18(16)24(21)20-15-6-2-4-8-17(15)22-14-23-20;/h2-9,14,21H,10-13H2,1H3;1H. The molecule has 1 aromatic heterocycles. The maximum atomic E-state index is 13.0. The number of halogens is 1. The zero-order chi connectivity index (χ0) is 19.3. The molecule has 0 N–H and O–H groups in total. The zero-order valence-corrected chi connectivity index (χ0v) is 16.8. The first-order chi connectivity index (χ1) is 13.8. The molecule has 8 heteroatoms. The van der Waals surface area contributed by atoms with Crippen molar-refractivity contribution in [2.24, 2.45) is 0 Å². The minimum absolute atomic E-state index is 0. The Morgan fingerprint density at radius 3 is 2.59 bits per heavy atom. The molecule has 0 radical (unpaired) electrons. The van der Waals surface area contributed by atoms with E-state index in [0.29, 0.717) is 31.2 Å². The van der Waals surface area contributed by atoms with Gasteiger partial charge in [-0.3, -0.25) is 9.69 Å². The maximum Gasteiger partial charge on any atom is 0.214 e. The predicted octanol–water partition coefficient (Wildman–Crippen LogP) is 3.39. The van der Waals surface area contributed by atoms with Gasteiger partial charge in [0.05, 0.1) is 37.6 Å². The Hall–Kier alpha value is -2.58. The smallest absolute Gasteiger partial charge is 0.214 e. The van der Waals surface area contributed by atoms with Gasteiger partial charge in [0.2, 0.25) is 5.78 Å². The summed E-state index contributed by atoms with van der Waals surface area (Å²) in [4.78, 5) is 23.7. The van der Waals surface area contributed by atoms with Crippen molar-refractivity contribution < 1.29 is 19.0 Å². The molecule has 1 unspecified atom stereocenters. The SMILES string of the molecule is COCCOCCOC1C(=O)c2ccccc2N1c1ncnc2ccccc12.Cl. The van der Waals surface area contributed by atoms with E-state index >= 15 is 0 Å². The van der Waals surface area contributed by atoms with Gasteiger partial charge in [-0.15, -0.1) is 12.4 Å². The van der Waals surface area contributed by atoms with Crippen LogP contribution in [0.4, 0.5) is 11.5 Å². The number of Topliss-reactive ketones (excluding diaryl/α,β-unsaturated/α-hetero) is 1. The third-order valence-corrected chi connectivity index (χ3v) is 4.57. The second-order valence-electron chi connectivity index (χ2n) is 6.29. The van der Waals surface area contributed by atoms with Gasteiger partial charge in [-0.1, -0.05) is 24.3 Å². The number of hydrogen-bond acceptors (Lipinski definition) is 7. The van der Waals surface area contributed by atoms with E-state index in [4.69, 9.17) is 14.2 Å². The van der Waals surface area contributed by atoms with Crippen LogP contribution in [0.2, 0.25) is 0 Å². The number of benzene rings is 2. The van der Waals surface area contributed by atoms with Crippen LogP contribution in [0, 0.1) is 0 Å². The lowest BCUT2D eigenvalue weighted by Gasteiger charge is -2.26. The highest BCUT2D eigenvalue weighted by Crippen LogP contribution is 2.40. The molecular weight excluding hydrogens is 394 g/mol. The Balaban J connectivity index is 0.00000240. The van der Waals surface area contributed by atoms with E-state index < -0.39 is 6.23 Å². The van der Waals surface area contributed by atoms with Crippen molar-refractivity contribution in [1.82, 2.24) is 9.97 Å². The van der Waals surface area contributed by atoms with Crippen LogP contribution in [0.1, 0.15) is 10.4 Å².